The van der Waals surface area contributed by atoms with Crippen LogP contribution in [0.4, 0.5) is 8.78 Å². The molecule has 1 saturated heterocycles. The minimum absolute atomic E-state index is 0.0321. The second-order valence-electron chi connectivity index (χ2n) is 9.59. The molecule has 0 radical (unpaired) electrons. The Morgan fingerprint density at radius 1 is 1.18 bits per heavy atom. The number of nitrogens with one attached hydrogen (secondary N) is 2. The number of amides is 2. The van der Waals surface area contributed by atoms with Crippen molar-refractivity contribution in [2.24, 2.45) is 5.92 Å². The highest BCUT2D eigenvalue weighted by molar-refractivity contribution is 5.91. The summed E-state index contributed by atoms with van der Waals surface area (Å²) in [5.74, 6) is -2.05. The Morgan fingerprint density at radius 3 is 2.50 bits per heavy atom. The Kier molecular flexibility index (Phi) is 6.77. The smallest absolute Gasteiger partial charge is 0.243 e. The van der Waals surface area contributed by atoms with Gasteiger partial charge in [0.25, 0.3) is 0 Å². The summed E-state index contributed by atoms with van der Waals surface area (Å²) < 4.78 is 40.0. The predicted molar refractivity (Wildman–Crippen MR) is 123 cm³/mol. The zero-order valence-corrected chi connectivity index (χ0v) is 19.6. The highest BCUT2D eigenvalue weighted by Gasteiger charge is 2.47. The monoisotopic (exact) mass is 472 g/mol. The van der Waals surface area contributed by atoms with Crippen molar-refractivity contribution in [1.82, 2.24) is 10.6 Å². The molecule has 1 saturated carbocycles. The second-order valence-corrected chi connectivity index (χ2v) is 9.59. The molecule has 182 valence electrons. The van der Waals surface area contributed by atoms with Gasteiger partial charge in [0.05, 0.1) is 13.7 Å². The van der Waals surface area contributed by atoms with E-state index in [-0.39, 0.29) is 35.6 Å². The lowest BCUT2D eigenvalue weighted by atomic mass is 9.90. The molecule has 1 heterocycles. The minimum atomic E-state index is -1.05. The summed E-state index contributed by atoms with van der Waals surface area (Å²) in [4.78, 5) is 25.4. The van der Waals surface area contributed by atoms with Crippen LogP contribution in [0.3, 0.4) is 0 Å². The van der Waals surface area contributed by atoms with Gasteiger partial charge in [-0.15, -0.1) is 0 Å². The van der Waals surface area contributed by atoms with E-state index in [4.69, 9.17) is 9.47 Å². The molecular weight excluding hydrogens is 442 g/mol. The maximum absolute atomic E-state index is 14.7. The van der Waals surface area contributed by atoms with Gasteiger partial charge < -0.3 is 20.1 Å². The van der Waals surface area contributed by atoms with Gasteiger partial charge in [0, 0.05) is 42.0 Å². The van der Waals surface area contributed by atoms with Crippen LogP contribution in [0.1, 0.15) is 50.2 Å². The number of benzene rings is 2. The van der Waals surface area contributed by atoms with Crippen LogP contribution in [0.5, 0.6) is 11.5 Å². The van der Waals surface area contributed by atoms with Gasteiger partial charge in [0.1, 0.15) is 29.2 Å². The number of methoxy groups -OCH3 is 1. The van der Waals surface area contributed by atoms with Crippen molar-refractivity contribution in [3.05, 3.63) is 59.2 Å². The molecule has 1 aliphatic heterocycles. The van der Waals surface area contributed by atoms with E-state index >= 15 is 0 Å². The Bertz CT molecular complexity index is 1060. The number of rotatable bonds is 9. The first-order chi connectivity index (χ1) is 16.2. The molecule has 2 amide bonds. The molecule has 6 nitrogen and oxygen atoms in total. The molecule has 0 aromatic heterocycles. The molecule has 1 aliphatic carbocycles. The predicted octanol–water partition coefficient (Wildman–Crippen LogP) is 3.83. The molecule has 2 N–H and O–H groups in total. The van der Waals surface area contributed by atoms with Crippen LogP contribution in [0.15, 0.2) is 36.4 Å². The van der Waals surface area contributed by atoms with Crippen LogP contribution in [0.2, 0.25) is 0 Å². The van der Waals surface area contributed by atoms with Crippen molar-refractivity contribution in [3.8, 4) is 11.5 Å². The van der Waals surface area contributed by atoms with Crippen LogP contribution in [-0.4, -0.2) is 38.1 Å². The summed E-state index contributed by atoms with van der Waals surface area (Å²) in [7, 11) is 1.32. The molecule has 2 aromatic rings. The number of carbonyl (C=O) groups excluding carboxylic acids is 2. The van der Waals surface area contributed by atoms with Crippen LogP contribution in [0.25, 0.3) is 0 Å². The van der Waals surface area contributed by atoms with Crippen molar-refractivity contribution >= 4 is 11.8 Å². The standard InChI is InChI=1S/C26H30F2N2O4/c1-15(2)14-34-17-6-4-5-16(9-17)26(7-8-26)12-22(31)30-24-19(13-29-25(24)32)23-20(27)10-18(33-3)11-21(23)28/h4-6,9-11,15,19,24H,7-8,12-14H2,1-3H3,(H,29,32)(H,30,31)/t19-,24-/m0/s1. The SMILES string of the molecule is COc1cc(F)c([C@@H]2CNC(=O)[C@H]2NC(=O)CC2(c3cccc(OCC(C)C)c3)CC2)c(F)c1. The first-order valence-corrected chi connectivity index (χ1v) is 11.6. The fourth-order valence-corrected chi connectivity index (χ4v) is 4.52. The largest absolute Gasteiger partial charge is 0.497 e. The van der Waals surface area contributed by atoms with E-state index in [9.17, 15) is 18.4 Å². The van der Waals surface area contributed by atoms with Gasteiger partial charge >= 0.3 is 0 Å². The number of ether oxygens (including phenoxy) is 2. The van der Waals surface area contributed by atoms with E-state index < -0.39 is 29.5 Å². The normalized spacial score (nSPS) is 20.7. The van der Waals surface area contributed by atoms with Crippen molar-refractivity contribution < 1.29 is 27.8 Å². The van der Waals surface area contributed by atoms with Crippen LogP contribution in [0, 0.1) is 17.6 Å². The maximum Gasteiger partial charge on any atom is 0.243 e. The quantitative estimate of drug-likeness (QED) is 0.582. The second kappa shape index (κ2) is 9.60. The van der Waals surface area contributed by atoms with E-state index in [0.717, 1.165) is 36.3 Å². The molecular formula is C26H30F2N2O4. The third-order valence-corrected chi connectivity index (χ3v) is 6.54. The molecule has 34 heavy (non-hydrogen) atoms. The molecule has 0 bridgehead atoms. The lowest BCUT2D eigenvalue weighted by molar-refractivity contribution is -0.127. The fourth-order valence-electron chi connectivity index (χ4n) is 4.52. The minimum Gasteiger partial charge on any atom is -0.497 e. The summed E-state index contributed by atoms with van der Waals surface area (Å²) in [6.45, 7) is 4.79. The van der Waals surface area contributed by atoms with E-state index in [1.165, 1.54) is 7.11 Å². The number of hydrogen-bond acceptors (Lipinski definition) is 4. The van der Waals surface area contributed by atoms with Crippen molar-refractivity contribution in [3.63, 3.8) is 0 Å². The van der Waals surface area contributed by atoms with Crippen LogP contribution in [-0.2, 0) is 15.0 Å². The zero-order chi connectivity index (χ0) is 24.5. The van der Waals surface area contributed by atoms with E-state index in [2.05, 4.69) is 24.5 Å². The summed E-state index contributed by atoms with van der Waals surface area (Å²) in [5.41, 5.74) is 0.465. The lowest BCUT2D eigenvalue weighted by Gasteiger charge is -2.22. The first kappa shape index (κ1) is 24.0. The average molecular weight is 473 g/mol. The summed E-state index contributed by atoms with van der Waals surface area (Å²) >= 11 is 0. The molecule has 2 aromatic carbocycles. The number of hydrogen-bond donors (Lipinski definition) is 2. The Balaban J connectivity index is 1.47. The average Bonchev–Trinajstić information content (AvgIpc) is 3.50. The highest BCUT2D eigenvalue weighted by Crippen LogP contribution is 2.51. The van der Waals surface area contributed by atoms with E-state index in [0.29, 0.717) is 12.5 Å². The molecule has 2 fully saturated rings. The molecule has 2 aliphatic rings. The fraction of sp³-hybridized carbons (Fsp3) is 0.462. The number of carbonyl (C=O) groups is 2. The van der Waals surface area contributed by atoms with Crippen molar-refractivity contribution in [2.45, 2.75) is 50.5 Å². The van der Waals surface area contributed by atoms with Gasteiger partial charge in [-0.3, -0.25) is 9.59 Å². The molecule has 8 heteroatoms. The van der Waals surface area contributed by atoms with Gasteiger partial charge in [0.15, 0.2) is 0 Å². The summed E-state index contributed by atoms with van der Waals surface area (Å²) in [6.07, 6.45) is 1.87. The van der Waals surface area contributed by atoms with Gasteiger partial charge in [0.2, 0.25) is 11.8 Å². The summed E-state index contributed by atoms with van der Waals surface area (Å²) in [6, 6.07) is 8.86. The molecule has 0 spiro atoms. The Hall–Kier alpha value is -3.16. The van der Waals surface area contributed by atoms with Crippen LogP contribution >= 0.6 is 0 Å². The number of halogens is 2. The molecule has 2 atom stereocenters. The Morgan fingerprint density at radius 2 is 1.88 bits per heavy atom. The topological polar surface area (TPSA) is 76.7 Å². The van der Waals surface area contributed by atoms with Crippen LogP contribution < -0.4 is 20.1 Å². The summed E-state index contributed by atoms with van der Waals surface area (Å²) in [5, 5.41) is 5.35. The first-order valence-electron chi connectivity index (χ1n) is 11.6. The third kappa shape index (κ3) is 5.00. The molecule has 4 rings (SSSR count). The molecule has 0 unspecified atom stereocenters. The van der Waals surface area contributed by atoms with E-state index in [1.807, 2.05) is 24.3 Å². The van der Waals surface area contributed by atoms with Crippen molar-refractivity contribution in [1.29, 1.82) is 0 Å². The third-order valence-electron chi connectivity index (χ3n) is 6.54. The van der Waals surface area contributed by atoms with Crippen molar-refractivity contribution in [2.75, 3.05) is 20.3 Å². The van der Waals surface area contributed by atoms with Gasteiger partial charge in [-0.1, -0.05) is 26.0 Å². The highest BCUT2D eigenvalue weighted by atomic mass is 19.1. The Labute approximate surface area is 198 Å². The lowest BCUT2D eigenvalue weighted by Crippen LogP contribution is -2.44. The van der Waals surface area contributed by atoms with Gasteiger partial charge in [-0.2, -0.15) is 0 Å². The maximum atomic E-state index is 14.7. The van der Waals surface area contributed by atoms with Gasteiger partial charge in [-0.05, 0) is 36.5 Å². The van der Waals surface area contributed by atoms with E-state index in [1.54, 1.807) is 0 Å². The zero-order valence-electron chi connectivity index (χ0n) is 19.6. The van der Waals surface area contributed by atoms with Gasteiger partial charge in [-0.25, -0.2) is 8.78 Å².